The molecule has 21 heavy (non-hydrogen) atoms. The van der Waals surface area contributed by atoms with Gasteiger partial charge in [0.15, 0.2) is 0 Å². The van der Waals surface area contributed by atoms with E-state index in [9.17, 15) is 9.59 Å². The number of rotatable bonds is 5. The van der Waals surface area contributed by atoms with Crippen LogP contribution < -0.4 is 16.0 Å². The molecule has 1 aliphatic rings. The lowest BCUT2D eigenvalue weighted by molar-refractivity contribution is -0.115. The molecule has 2 amide bonds. The van der Waals surface area contributed by atoms with Crippen molar-refractivity contribution in [1.82, 2.24) is 10.6 Å². The van der Waals surface area contributed by atoms with Crippen LogP contribution in [-0.4, -0.2) is 31.4 Å². The summed E-state index contributed by atoms with van der Waals surface area (Å²) >= 11 is 6.05. The second kappa shape index (κ2) is 7.43. The van der Waals surface area contributed by atoms with Gasteiger partial charge in [0.1, 0.15) is 0 Å². The van der Waals surface area contributed by atoms with Crippen LogP contribution in [0.5, 0.6) is 0 Å². The third kappa shape index (κ3) is 4.44. The lowest BCUT2D eigenvalue weighted by atomic mass is 10.2. The van der Waals surface area contributed by atoms with Crippen molar-refractivity contribution in [2.24, 2.45) is 0 Å². The maximum Gasteiger partial charge on any atom is 0.251 e. The quantitative estimate of drug-likeness (QED) is 0.780. The Labute approximate surface area is 129 Å². The van der Waals surface area contributed by atoms with Gasteiger partial charge in [-0.2, -0.15) is 0 Å². The van der Waals surface area contributed by atoms with Crippen molar-refractivity contribution in [3.05, 3.63) is 28.8 Å². The monoisotopic (exact) mass is 309 g/mol. The summed E-state index contributed by atoms with van der Waals surface area (Å²) in [4.78, 5) is 23.5. The SMILES string of the molecule is CNC(=O)c1ccc(Cl)c(NC(=O)CNC2CCCC2)c1. The van der Waals surface area contributed by atoms with E-state index in [-0.39, 0.29) is 18.4 Å². The van der Waals surface area contributed by atoms with Crippen molar-refractivity contribution in [2.75, 3.05) is 18.9 Å². The first-order chi connectivity index (χ1) is 10.1. The van der Waals surface area contributed by atoms with Crippen molar-refractivity contribution >= 4 is 29.1 Å². The zero-order chi connectivity index (χ0) is 15.2. The summed E-state index contributed by atoms with van der Waals surface area (Å²) in [6.07, 6.45) is 4.69. The van der Waals surface area contributed by atoms with Gasteiger partial charge in [-0.1, -0.05) is 24.4 Å². The molecule has 0 bridgehead atoms. The standard InChI is InChI=1S/C15H20ClN3O2/c1-17-15(21)10-6-7-12(16)13(8-10)19-14(20)9-18-11-4-2-3-5-11/h6-8,11,18H,2-5,9H2,1H3,(H,17,21)(H,19,20). The summed E-state index contributed by atoms with van der Waals surface area (Å²) in [5.74, 6) is -0.371. The van der Waals surface area contributed by atoms with Crippen molar-refractivity contribution in [2.45, 2.75) is 31.7 Å². The third-order valence-corrected chi connectivity index (χ3v) is 3.97. The van der Waals surface area contributed by atoms with E-state index in [4.69, 9.17) is 11.6 Å². The Balaban J connectivity index is 1.94. The van der Waals surface area contributed by atoms with Gasteiger partial charge < -0.3 is 16.0 Å². The lowest BCUT2D eigenvalue weighted by Gasteiger charge is -2.13. The number of anilines is 1. The molecule has 114 valence electrons. The Kier molecular flexibility index (Phi) is 5.59. The Bertz CT molecular complexity index is 528. The predicted molar refractivity (Wildman–Crippen MR) is 83.7 cm³/mol. The second-order valence-corrected chi connectivity index (χ2v) is 5.59. The van der Waals surface area contributed by atoms with Crippen LogP contribution in [0, 0.1) is 0 Å². The number of halogens is 1. The van der Waals surface area contributed by atoms with E-state index in [1.54, 1.807) is 25.2 Å². The number of nitrogens with one attached hydrogen (secondary N) is 3. The minimum Gasteiger partial charge on any atom is -0.355 e. The van der Waals surface area contributed by atoms with Crippen molar-refractivity contribution < 1.29 is 9.59 Å². The highest BCUT2D eigenvalue weighted by atomic mass is 35.5. The molecule has 0 spiro atoms. The summed E-state index contributed by atoms with van der Waals surface area (Å²) < 4.78 is 0. The average Bonchev–Trinajstić information content (AvgIpc) is 3.00. The maximum atomic E-state index is 11.9. The summed E-state index contributed by atoms with van der Waals surface area (Å²) in [6, 6.07) is 5.23. The molecule has 0 unspecified atom stereocenters. The van der Waals surface area contributed by atoms with Gasteiger partial charge >= 0.3 is 0 Å². The first kappa shape index (κ1) is 15.8. The van der Waals surface area contributed by atoms with E-state index in [0.29, 0.717) is 22.3 Å². The van der Waals surface area contributed by atoms with E-state index in [1.807, 2.05) is 0 Å². The Morgan fingerprint density at radius 3 is 2.67 bits per heavy atom. The highest BCUT2D eigenvalue weighted by Gasteiger charge is 2.16. The minimum atomic E-state index is -0.216. The molecule has 1 aromatic rings. The van der Waals surface area contributed by atoms with E-state index in [0.717, 1.165) is 12.8 Å². The molecule has 0 heterocycles. The van der Waals surface area contributed by atoms with Crippen molar-refractivity contribution in [3.63, 3.8) is 0 Å². The fraction of sp³-hybridized carbons (Fsp3) is 0.467. The molecule has 1 aliphatic carbocycles. The summed E-state index contributed by atoms with van der Waals surface area (Å²) in [7, 11) is 1.56. The number of hydrogen-bond acceptors (Lipinski definition) is 3. The molecule has 6 heteroatoms. The molecule has 0 atom stereocenters. The van der Waals surface area contributed by atoms with E-state index in [2.05, 4.69) is 16.0 Å². The van der Waals surface area contributed by atoms with Gasteiger partial charge in [-0.15, -0.1) is 0 Å². The number of carbonyl (C=O) groups is 2. The molecule has 3 N–H and O–H groups in total. The molecule has 0 aromatic heterocycles. The maximum absolute atomic E-state index is 11.9. The smallest absolute Gasteiger partial charge is 0.251 e. The average molecular weight is 310 g/mol. The summed E-state index contributed by atoms with van der Waals surface area (Å²) in [6.45, 7) is 0.255. The Morgan fingerprint density at radius 2 is 2.00 bits per heavy atom. The highest BCUT2D eigenvalue weighted by molar-refractivity contribution is 6.33. The first-order valence-corrected chi connectivity index (χ1v) is 7.53. The molecule has 0 aliphatic heterocycles. The van der Waals surface area contributed by atoms with Crippen molar-refractivity contribution in [1.29, 1.82) is 0 Å². The summed E-state index contributed by atoms with van der Waals surface area (Å²) in [5, 5.41) is 8.93. The van der Waals surface area contributed by atoms with Gasteiger partial charge in [0, 0.05) is 18.7 Å². The van der Waals surface area contributed by atoms with Crippen LogP contribution in [0.25, 0.3) is 0 Å². The lowest BCUT2D eigenvalue weighted by Crippen LogP contribution is -2.34. The van der Waals surface area contributed by atoms with Crippen LogP contribution in [0.1, 0.15) is 36.0 Å². The fourth-order valence-corrected chi connectivity index (χ4v) is 2.63. The molecule has 5 nitrogen and oxygen atoms in total. The first-order valence-electron chi connectivity index (χ1n) is 7.15. The van der Waals surface area contributed by atoms with Crippen molar-refractivity contribution in [3.8, 4) is 0 Å². The molecule has 1 fully saturated rings. The normalized spacial score (nSPS) is 15.0. The van der Waals surface area contributed by atoms with Crippen LogP contribution in [-0.2, 0) is 4.79 Å². The van der Waals surface area contributed by atoms with Gasteiger partial charge in [0.2, 0.25) is 5.91 Å². The third-order valence-electron chi connectivity index (χ3n) is 3.64. The molecule has 1 aromatic carbocycles. The predicted octanol–water partition coefficient (Wildman–Crippen LogP) is 2.17. The van der Waals surface area contributed by atoms with Gasteiger partial charge in [-0.3, -0.25) is 9.59 Å². The number of carbonyl (C=O) groups excluding carboxylic acids is 2. The van der Waals surface area contributed by atoms with Crippen LogP contribution in [0.15, 0.2) is 18.2 Å². The highest BCUT2D eigenvalue weighted by Crippen LogP contribution is 2.23. The Morgan fingerprint density at radius 1 is 1.29 bits per heavy atom. The molecular weight excluding hydrogens is 290 g/mol. The van der Waals surface area contributed by atoms with Crippen LogP contribution in [0.3, 0.4) is 0 Å². The molecular formula is C15H20ClN3O2. The van der Waals surface area contributed by atoms with E-state index in [1.165, 1.54) is 12.8 Å². The van der Waals surface area contributed by atoms with Gasteiger partial charge in [-0.05, 0) is 31.0 Å². The number of hydrogen-bond donors (Lipinski definition) is 3. The van der Waals surface area contributed by atoms with Crippen LogP contribution in [0.2, 0.25) is 5.02 Å². The number of amides is 2. The summed E-state index contributed by atoms with van der Waals surface area (Å²) in [5.41, 5.74) is 0.914. The zero-order valence-corrected chi connectivity index (χ0v) is 12.8. The van der Waals surface area contributed by atoms with Gasteiger partial charge in [-0.25, -0.2) is 0 Å². The fourth-order valence-electron chi connectivity index (χ4n) is 2.47. The molecule has 1 saturated carbocycles. The zero-order valence-electron chi connectivity index (χ0n) is 12.0. The molecule has 0 saturated heterocycles. The van der Waals surface area contributed by atoms with Gasteiger partial charge in [0.25, 0.3) is 5.91 Å². The minimum absolute atomic E-state index is 0.155. The van der Waals surface area contributed by atoms with E-state index < -0.39 is 0 Å². The Hall–Kier alpha value is -1.59. The topological polar surface area (TPSA) is 70.2 Å². The largest absolute Gasteiger partial charge is 0.355 e. The van der Waals surface area contributed by atoms with Gasteiger partial charge in [0.05, 0.1) is 17.3 Å². The number of benzene rings is 1. The molecule has 2 rings (SSSR count). The van der Waals surface area contributed by atoms with Crippen LogP contribution >= 0.6 is 11.6 Å². The van der Waals surface area contributed by atoms with Crippen LogP contribution in [0.4, 0.5) is 5.69 Å². The second-order valence-electron chi connectivity index (χ2n) is 5.18. The molecule has 0 radical (unpaired) electrons. The van der Waals surface area contributed by atoms with E-state index >= 15 is 0 Å².